The van der Waals surface area contributed by atoms with E-state index in [1.54, 1.807) is 30.7 Å². The molecule has 1 unspecified atom stereocenters. The summed E-state index contributed by atoms with van der Waals surface area (Å²) in [6, 6.07) is 12.7. The lowest BCUT2D eigenvalue weighted by atomic mass is 10.2. The minimum absolute atomic E-state index is 0.188. The molecule has 0 amide bonds. The molecule has 0 spiro atoms. The van der Waals surface area contributed by atoms with Crippen molar-refractivity contribution in [1.29, 1.82) is 0 Å². The van der Waals surface area contributed by atoms with Crippen LogP contribution >= 0.6 is 34.8 Å². The number of hydrogen-bond acceptors (Lipinski definition) is 3. The summed E-state index contributed by atoms with van der Waals surface area (Å²) in [5.41, 5.74) is 1.04. The summed E-state index contributed by atoms with van der Waals surface area (Å²) in [6.07, 6.45) is 5.17. The maximum atomic E-state index is 6.17. The van der Waals surface area contributed by atoms with Crippen LogP contribution in [0.2, 0.25) is 15.1 Å². The number of benzene rings is 2. The van der Waals surface area contributed by atoms with Crippen molar-refractivity contribution in [2.75, 3.05) is 6.61 Å². The first-order valence-corrected chi connectivity index (χ1v) is 9.13. The Morgan fingerprint density at radius 1 is 1.00 bits per heavy atom. The normalized spacial score (nSPS) is 12.1. The van der Waals surface area contributed by atoms with Gasteiger partial charge in [-0.2, -0.15) is 0 Å². The van der Waals surface area contributed by atoms with Crippen LogP contribution in [0, 0.1) is 0 Å². The first-order valence-electron chi connectivity index (χ1n) is 8.00. The number of halogens is 3. The van der Waals surface area contributed by atoms with Gasteiger partial charge in [0.25, 0.3) is 0 Å². The molecular weight excluding hydrogens is 395 g/mol. The van der Waals surface area contributed by atoms with Crippen LogP contribution in [0.5, 0.6) is 5.75 Å². The van der Waals surface area contributed by atoms with Gasteiger partial charge in [-0.3, -0.25) is 0 Å². The molecule has 2 aromatic carbocycles. The van der Waals surface area contributed by atoms with Gasteiger partial charge < -0.3 is 14.0 Å². The number of nitrogens with zero attached hydrogens (tertiary/aromatic N) is 2. The van der Waals surface area contributed by atoms with E-state index >= 15 is 0 Å². The first-order chi connectivity index (χ1) is 12.6. The Hall–Kier alpha value is -1.72. The van der Waals surface area contributed by atoms with Gasteiger partial charge in [0.1, 0.15) is 18.5 Å². The topological polar surface area (TPSA) is 36.3 Å². The van der Waals surface area contributed by atoms with Crippen molar-refractivity contribution in [3.8, 4) is 5.75 Å². The summed E-state index contributed by atoms with van der Waals surface area (Å²) in [5.74, 6) is 0.571. The van der Waals surface area contributed by atoms with E-state index in [1.807, 2.05) is 35.0 Å². The molecule has 26 heavy (non-hydrogen) atoms. The van der Waals surface area contributed by atoms with Crippen LogP contribution in [-0.4, -0.2) is 22.3 Å². The summed E-state index contributed by atoms with van der Waals surface area (Å²) in [7, 11) is 0. The summed E-state index contributed by atoms with van der Waals surface area (Å²) in [5, 5.41) is 1.73. The fourth-order valence-corrected chi connectivity index (χ4v) is 2.94. The summed E-state index contributed by atoms with van der Waals surface area (Å²) in [6.45, 7) is 1.40. The molecule has 1 aromatic heterocycles. The highest BCUT2D eigenvalue weighted by Crippen LogP contribution is 2.27. The van der Waals surface area contributed by atoms with E-state index in [1.165, 1.54) is 0 Å². The zero-order valence-corrected chi connectivity index (χ0v) is 16.1. The van der Waals surface area contributed by atoms with Gasteiger partial charge >= 0.3 is 0 Å². The van der Waals surface area contributed by atoms with Crippen molar-refractivity contribution >= 4 is 34.8 Å². The first kappa shape index (κ1) is 19.1. The molecule has 0 fully saturated rings. The van der Waals surface area contributed by atoms with Gasteiger partial charge in [0.15, 0.2) is 0 Å². The summed E-state index contributed by atoms with van der Waals surface area (Å²) >= 11 is 18.0. The van der Waals surface area contributed by atoms with Crippen LogP contribution in [-0.2, 0) is 17.9 Å². The summed E-state index contributed by atoms with van der Waals surface area (Å²) < 4.78 is 13.8. The fraction of sp³-hybridized carbons (Fsp3) is 0.211. The van der Waals surface area contributed by atoms with Gasteiger partial charge in [0, 0.05) is 22.4 Å². The maximum Gasteiger partial charge on any atom is 0.138 e. The SMILES string of the molecule is Clc1ccc(COC(COc2ccc(Cl)cc2Cl)Cn2ccnc2)cc1. The molecule has 0 N–H and O–H groups in total. The average Bonchev–Trinajstić information content (AvgIpc) is 3.13. The zero-order valence-electron chi connectivity index (χ0n) is 13.8. The molecule has 1 atom stereocenters. The molecule has 0 radical (unpaired) electrons. The Balaban J connectivity index is 1.63. The fourth-order valence-electron chi connectivity index (χ4n) is 2.35. The predicted molar refractivity (Wildman–Crippen MR) is 104 cm³/mol. The highest BCUT2D eigenvalue weighted by atomic mass is 35.5. The van der Waals surface area contributed by atoms with Gasteiger partial charge in [-0.1, -0.05) is 46.9 Å². The van der Waals surface area contributed by atoms with Crippen molar-refractivity contribution in [1.82, 2.24) is 9.55 Å². The van der Waals surface area contributed by atoms with Crippen LogP contribution in [0.25, 0.3) is 0 Å². The number of imidazole rings is 1. The maximum absolute atomic E-state index is 6.17. The Morgan fingerprint density at radius 2 is 1.77 bits per heavy atom. The van der Waals surface area contributed by atoms with Crippen molar-refractivity contribution in [2.45, 2.75) is 19.3 Å². The summed E-state index contributed by atoms with van der Waals surface area (Å²) in [4.78, 5) is 4.06. The van der Waals surface area contributed by atoms with Crippen molar-refractivity contribution in [3.05, 3.63) is 81.8 Å². The third kappa shape index (κ3) is 5.64. The molecule has 0 aliphatic carbocycles. The average molecular weight is 412 g/mol. The van der Waals surface area contributed by atoms with Crippen molar-refractivity contribution in [3.63, 3.8) is 0 Å². The molecule has 0 saturated carbocycles. The van der Waals surface area contributed by atoms with E-state index < -0.39 is 0 Å². The third-order valence-corrected chi connectivity index (χ3v) is 4.47. The number of aromatic nitrogens is 2. The predicted octanol–water partition coefficient (Wildman–Crippen LogP) is 5.51. The van der Waals surface area contributed by atoms with Crippen molar-refractivity contribution < 1.29 is 9.47 Å². The van der Waals surface area contributed by atoms with Gasteiger partial charge in [-0.15, -0.1) is 0 Å². The molecule has 136 valence electrons. The van der Waals surface area contributed by atoms with Gasteiger partial charge in [0.05, 0.1) is 24.5 Å². The second kappa shape index (κ2) is 9.28. The second-order valence-corrected chi connectivity index (χ2v) is 6.98. The highest BCUT2D eigenvalue weighted by molar-refractivity contribution is 6.35. The molecule has 0 saturated heterocycles. The van der Waals surface area contributed by atoms with Gasteiger partial charge in [-0.25, -0.2) is 4.98 Å². The molecule has 4 nitrogen and oxygen atoms in total. The molecule has 3 rings (SSSR count). The van der Waals surface area contributed by atoms with Gasteiger partial charge in [0.2, 0.25) is 0 Å². The molecule has 0 aliphatic heterocycles. The van der Waals surface area contributed by atoms with E-state index in [2.05, 4.69) is 4.98 Å². The quantitative estimate of drug-likeness (QED) is 0.490. The monoisotopic (exact) mass is 410 g/mol. The smallest absolute Gasteiger partial charge is 0.138 e. The Bertz CT molecular complexity index is 823. The largest absolute Gasteiger partial charge is 0.489 e. The minimum Gasteiger partial charge on any atom is -0.489 e. The Labute approximate surface area is 167 Å². The van der Waals surface area contributed by atoms with Crippen LogP contribution < -0.4 is 4.74 Å². The van der Waals surface area contributed by atoms with E-state index in [0.29, 0.717) is 40.6 Å². The lowest BCUT2D eigenvalue weighted by Crippen LogP contribution is -2.26. The lowest BCUT2D eigenvalue weighted by Gasteiger charge is -2.20. The number of hydrogen-bond donors (Lipinski definition) is 0. The van der Waals surface area contributed by atoms with E-state index in [0.717, 1.165) is 5.56 Å². The van der Waals surface area contributed by atoms with Gasteiger partial charge in [-0.05, 0) is 35.9 Å². The molecule has 3 aromatic rings. The lowest BCUT2D eigenvalue weighted by molar-refractivity contribution is -0.000526. The molecule has 0 aliphatic rings. The van der Waals surface area contributed by atoms with Crippen LogP contribution in [0.15, 0.2) is 61.2 Å². The second-order valence-electron chi connectivity index (χ2n) is 5.70. The number of rotatable bonds is 8. The standard InChI is InChI=1S/C19H17Cl3N2O2/c20-15-3-1-14(2-4-15)11-25-17(10-24-8-7-23-13-24)12-26-19-6-5-16(21)9-18(19)22/h1-9,13,17H,10-12H2. The number of ether oxygens (including phenoxy) is 2. The minimum atomic E-state index is -0.188. The van der Waals surface area contributed by atoms with Crippen LogP contribution in [0.3, 0.4) is 0 Å². The van der Waals surface area contributed by atoms with Crippen molar-refractivity contribution in [2.24, 2.45) is 0 Å². The highest BCUT2D eigenvalue weighted by Gasteiger charge is 2.13. The molecule has 1 heterocycles. The van der Waals surface area contributed by atoms with Crippen LogP contribution in [0.4, 0.5) is 0 Å². The Morgan fingerprint density at radius 3 is 2.46 bits per heavy atom. The van der Waals surface area contributed by atoms with E-state index in [4.69, 9.17) is 44.3 Å². The van der Waals surface area contributed by atoms with Crippen LogP contribution in [0.1, 0.15) is 5.56 Å². The zero-order chi connectivity index (χ0) is 18.4. The van der Waals surface area contributed by atoms with E-state index in [-0.39, 0.29) is 6.10 Å². The molecule has 0 bridgehead atoms. The van der Waals surface area contributed by atoms with E-state index in [9.17, 15) is 0 Å². The third-order valence-electron chi connectivity index (χ3n) is 3.69. The Kier molecular flexibility index (Phi) is 6.80. The molecule has 7 heteroatoms. The molecular formula is C19H17Cl3N2O2.